The largest absolute Gasteiger partial charge is 0.269 e. The minimum atomic E-state index is 0.582. The number of rotatable bonds is 1. The van der Waals surface area contributed by atoms with Crippen LogP contribution in [-0.2, 0) is 5.41 Å². The Labute approximate surface area is 111 Å². The maximum atomic E-state index is 4.36. The van der Waals surface area contributed by atoms with Gasteiger partial charge in [0.05, 0.1) is 0 Å². The highest BCUT2D eigenvalue weighted by Crippen LogP contribution is 2.61. The van der Waals surface area contributed by atoms with Gasteiger partial charge in [-0.2, -0.15) is 0 Å². The summed E-state index contributed by atoms with van der Waals surface area (Å²) >= 11 is 3.82. The van der Waals surface area contributed by atoms with Gasteiger partial charge in [0.25, 0.3) is 0 Å². The van der Waals surface area contributed by atoms with Crippen LogP contribution in [0.15, 0.2) is 10.4 Å². The highest BCUT2D eigenvalue weighted by molar-refractivity contribution is 7.26. The van der Waals surface area contributed by atoms with Gasteiger partial charge in [-0.15, -0.1) is 22.7 Å². The molecule has 17 heavy (non-hydrogen) atoms. The van der Waals surface area contributed by atoms with Gasteiger partial charge in [-0.1, -0.05) is 0 Å². The second kappa shape index (κ2) is 3.67. The van der Waals surface area contributed by atoms with E-state index >= 15 is 0 Å². The van der Waals surface area contributed by atoms with E-state index in [2.05, 4.69) is 10.4 Å². The lowest BCUT2D eigenvalue weighted by Gasteiger charge is -2.56. The Morgan fingerprint density at radius 3 is 2.18 bits per heavy atom. The first kappa shape index (κ1) is 10.7. The van der Waals surface area contributed by atoms with Crippen molar-refractivity contribution in [2.75, 3.05) is 7.05 Å². The van der Waals surface area contributed by atoms with E-state index in [-0.39, 0.29) is 0 Å². The summed E-state index contributed by atoms with van der Waals surface area (Å²) in [5, 5.41) is 2.42. The van der Waals surface area contributed by atoms with Gasteiger partial charge in [0.2, 0.25) is 0 Å². The summed E-state index contributed by atoms with van der Waals surface area (Å²) in [5.41, 5.74) is 0.582. The fourth-order valence-electron chi connectivity index (χ4n) is 4.99. The van der Waals surface area contributed by atoms with Crippen LogP contribution in [0.3, 0.4) is 0 Å². The Morgan fingerprint density at radius 1 is 1.12 bits per heavy atom. The van der Waals surface area contributed by atoms with Crippen LogP contribution in [-0.4, -0.2) is 7.05 Å². The van der Waals surface area contributed by atoms with Crippen LogP contribution in [0.5, 0.6) is 0 Å². The lowest BCUT2D eigenvalue weighted by molar-refractivity contribution is -0.00339. The molecule has 4 aliphatic rings. The standard InChI is InChI=1S/C14H19NS2/c1-15-13-16-8-12(17-13)14-5-9-2-10(6-14)4-11(3-9)7-14/h8-11H,2-7H2,1H3. The van der Waals surface area contributed by atoms with Gasteiger partial charge >= 0.3 is 0 Å². The van der Waals surface area contributed by atoms with Crippen LogP contribution in [0.25, 0.3) is 0 Å². The van der Waals surface area contributed by atoms with Crippen LogP contribution < -0.4 is 3.98 Å². The molecular formula is C14H19NS2. The first-order valence-electron chi connectivity index (χ1n) is 6.79. The molecule has 4 fully saturated rings. The third-order valence-electron chi connectivity index (χ3n) is 5.21. The minimum Gasteiger partial charge on any atom is -0.269 e. The number of hydrogen-bond donors (Lipinski definition) is 0. The molecule has 0 atom stereocenters. The zero-order valence-corrected chi connectivity index (χ0v) is 11.9. The lowest BCUT2D eigenvalue weighted by atomic mass is 9.49. The van der Waals surface area contributed by atoms with Gasteiger partial charge < -0.3 is 0 Å². The summed E-state index contributed by atoms with van der Waals surface area (Å²) < 4.78 is 1.26. The van der Waals surface area contributed by atoms with Crippen molar-refractivity contribution in [3.63, 3.8) is 0 Å². The molecule has 4 aliphatic carbocycles. The second-order valence-corrected chi connectivity index (χ2v) is 8.54. The Hall–Kier alpha value is -0.150. The van der Waals surface area contributed by atoms with Gasteiger partial charge in [0.15, 0.2) is 3.98 Å². The molecule has 5 rings (SSSR count). The lowest BCUT2D eigenvalue weighted by Crippen LogP contribution is -2.48. The van der Waals surface area contributed by atoms with Crippen LogP contribution in [0.1, 0.15) is 43.4 Å². The molecule has 1 nitrogen and oxygen atoms in total. The fourth-order valence-corrected chi connectivity index (χ4v) is 7.24. The zero-order valence-electron chi connectivity index (χ0n) is 10.3. The van der Waals surface area contributed by atoms with E-state index in [4.69, 9.17) is 0 Å². The average Bonchev–Trinajstić information content (AvgIpc) is 2.76. The summed E-state index contributed by atoms with van der Waals surface area (Å²) in [6.45, 7) is 0. The molecule has 1 aromatic rings. The van der Waals surface area contributed by atoms with E-state index < -0.39 is 0 Å². The summed E-state index contributed by atoms with van der Waals surface area (Å²) in [5.74, 6) is 3.15. The zero-order chi connectivity index (χ0) is 11.5. The van der Waals surface area contributed by atoms with Gasteiger partial charge in [-0.3, -0.25) is 4.99 Å². The van der Waals surface area contributed by atoms with Crippen molar-refractivity contribution in [3.05, 3.63) is 14.2 Å². The van der Waals surface area contributed by atoms with Gasteiger partial charge in [-0.25, -0.2) is 0 Å². The van der Waals surface area contributed by atoms with Crippen LogP contribution >= 0.6 is 22.7 Å². The molecule has 4 bridgehead atoms. The first-order chi connectivity index (χ1) is 8.27. The minimum absolute atomic E-state index is 0.582. The Bertz CT molecular complexity index is 461. The molecule has 0 aromatic carbocycles. The quantitative estimate of drug-likeness (QED) is 0.732. The normalized spacial score (nSPS) is 44.5. The number of nitrogens with zero attached hydrogens (tertiary/aromatic N) is 1. The monoisotopic (exact) mass is 265 g/mol. The van der Waals surface area contributed by atoms with Crippen molar-refractivity contribution < 1.29 is 0 Å². The molecule has 0 unspecified atom stereocenters. The number of hydrogen-bond acceptors (Lipinski definition) is 3. The van der Waals surface area contributed by atoms with E-state index in [1.54, 1.807) is 4.88 Å². The van der Waals surface area contributed by atoms with Crippen molar-refractivity contribution >= 4 is 22.7 Å². The Balaban J connectivity index is 1.77. The van der Waals surface area contributed by atoms with Crippen molar-refractivity contribution in [1.82, 2.24) is 0 Å². The van der Waals surface area contributed by atoms with E-state index in [0.29, 0.717) is 5.41 Å². The Morgan fingerprint density at radius 2 is 1.71 bits per heavy atom. The van der Waals surface area contributed by atoms with Crippen molar-refractivity contribution in [2.24, 2.45) is 22.7 Å². The van der Waals surface area contributed by atoms with E-state index in [9.17, 15) is 0 Å². The van der Waals surface area contributed by atoms with E-state index in [1.165, 1.54) is 42.5 Å². The maximum Gasteiger partial charge on any atom is 0.165 e. The van der Waals surface area contributed by atoms with Crippen LogP contribution in [0.2, 0.25) is 0 Å². The molecule has 4 saturated carbocycles. The fraction of sp³-hybridized carbons (Fsp3) is 0.786. The summed E-state index contributed by atoms with van der Waals surface area (Å²) in [7, 11) is 1.92. The smallest absolute Gasteiger partial charge is 0.165 e. The summed E-state index contributed by atoms with van der Waals surface area (Å²) in [4.78, 5) is 6.02. The van der Waals surface area contributed by atoms with Crippen LogP contribution in [0.4, 0.5) is 0 Å². The molecule has 0 radical (unpaired) electrons. The molecule has 0 aliphatic heterocycles. The molecule has 1 heterocycles. The Kier molecular flexibility index (Phi) is 2.32. The topological polar surface area (TPSA) is 12.4 Å². The highest BCUT2D eigenvalue weighted by atomic mass is 32.2. The average molecular weight is 265 g/mol. The predicted molar refractivity (Wildman–Crippen MR) is 73.5 cm³/mol. The van der Waals surface area contributed by atoms with E-state index in [0.717, 1.165) is 17.8 Å². The second-order valence-electron chi connectivity index (χ2n) is 6.39. The van der Waals surface area contributed by atoms with Gasteiger partial charge in [0.1, 0.15) is 0 Å². The van der Waals surface area contributed by atoms with Gasteiger partial charge in [-0.05, 0) is 56.3 Å². The van der Waals surface area contributed by atoms with Crippen molar-refractivity contribution in [2.45, 2.75) is 43.9 Å². The SMILES string of the molecule is CN=c1scc(C23CC4CC(CC(C4)C2)C3)s1. The third-order valence-corrected chi connectivity index (χ3v) is 7.76. The van der Waals surface area contributed by atoms with E-state index in [1.807, 2.05) is 29.7 Å². The molecule has 0 amide bonds. The predicted octanol–water partition coefficient (Wildman–Crippen LogP) is 3.81. The first-order valence-corrected chi connectivity index (χ1v) is 8.49. The molecular weight excluding hydrogens is 246 g/mol. The molecule has 3 heteroatoms. The summed E-state index contributed by atoms with van der Waals surface area (Å²) in [6.07, 6.45) is 9.07. The maximum absolute atomic E-state index is 4.36. The molecule has 0 spiro atoms. The van der Waals surface area contributed by atoms with Crippen molar-refractivity contribution in [1.29, 1.82) is 0 Å². The molecule has 1 aromatic heterocycles. The molecule has 0 N–H and O–H groups in total. The van der Waals surface area contributed by atoms with Gasteiger partial charge in [0, 0.05) is 22.7 Å². The summed E-state index contributed by atoms with van der Waals surface area (Å²) in [6, 6.07) is 0. The van der Waals surface area contributed by atoms with Crippen LogP contribution in [0, 0.1) is 17.8 Å². The highest BCUT2D eigenvalue weighted by Gasteiger charge is 2.52. The molecule has 0 saturated heterocycles. The van der Waals surface area contributed by atoms with Crippen molar-refractivity contribution in [3.8, 4) is 0 Å². The third kappa shape index (κ3) is 1.58. The molecule has 92 valence electrons.